The Balaban J connectivity index is 1.86. The first-order valence-electron chi connectivity index (χ1n) is 7.25. The summed E-state index contributed by atoms with van der Waals surface area (Å²) in [7, 11) is 1.65. The van der Waals surface area contributed by atoms with Gasteiger partial charge in [0.05, 0.1) is 13.3 Å². The van der Waals surface area contributed by atoms with E-state index in [4.69, 9.17) is 17.0 Å². The highest BCUT2D eigenvalue weighted by molar-refractivity contribution is 9.10. The molecule has 0 amide bonds. The number of aromatic amines is 1. The molecule has 3 aromatic rings. The van der Waals surface area contributed by atoms with Crippen molar-refractivity contribution in [2.75, 3.05) is 7.11 Å². The van der Waals surface area contributed by atoms with Crippen LogP contribution in [-0.2, 0) is 6.42 Å². The van der Waals surface area contributed by atoms with Gasteiger partial charge >= 0.3 is 0 Å². The molecule has 1 N–H and O–H groups in total. The first kappa shape index (κ1) is 16.6. The van der Waals surface area contributed by atoms with Gasteiger partial charge in [-0.1, -0.05) is 46.3 Å². The molecule has 1 heterocycles. The van der Waals surface area contributed by atoms with Crippen LogP contribution < -0.4 is 4.74 Å². The molecule has 3 rings (SSSR count). The minimum Gasteiger partial charge on any atom is -0.497 e. The highest BCUT2D eigenvalue weighted by Crippen LogP contribution is 2.15. The lowest BCUT2D eigenvalue weighted by atomic mass is 10.1. The van der Waals surface area contributed by atoms with Crippen molar-refractivity contribution in [3.63, 3.8) is 0 Å². The van der Waals surface area contributed by atoms with E-state index in [0.717, 1.165) is 27.2 Å². The molecule has 0 aliphatic carbocycles. The average Bonchev–Trinajstić information content (AvgIpc) is 2.95. The minimum atomic E-state index is 0.460. The number of hydrogen-bond donors (Lipinski definition) is 1. The van der Waals surface area contributed by atoms with Crippen molar-refractivity contribution >= 4 is 34.4 Å². The predicted octanol–water partition coefficient (Wildman–Crippen LogP) is 4.18. The predicted molar refractivity (Wildman–Crippen MR) is 100 cm³/mol. The molecule has 0 fully saturated rings. The number of rotatable bonds is 5. The topological polar surface area (TPSA) is 55.2 Å². The number of hydrogen-bond acceptors (Lipinski definition) is 4. The van der Waals surface area contributed by atoms with Crippen LogP contribution in [0.4, 0.5) is 0 Å². The Morgan fingerprint density at radius 3 is 2.71 bits per heavy atom. The highest BCUT2D eigenvalue weighted by atomic mass is 79.9. The smallest absolute Gasteiger partial charge is 0.216 e. The van der Waals surface area contributed by atoms with Gasteiger partial charge in [0, 0.05) is 16.5 Å². The number of nitrogens with zero attached hydrogens (tertiary/aromatic N) is 3. The summed E-state index contributed by atoms with van der Waals surface area (Å²) in [5, 5.41) is 11.5. The molecule has 0 radical (unpaired) electrons. The Morgan fingerprint density at radius 2 is 2.00 bits per heavy atom. The third-order valence-electron chi connectivity index (χ3n) is 3.46. The molecule has 0 atom stereocenters. The van der Waals surface area contributed by atoms with Crippen LogP contribution in [0.15, 0.2) is 58.1 Å². The van der Waals surface area contributed by atoms with E-state index in [-0.39, 0.29) is 0 Å². The van der Waals surface area contributed by atoms with Crippen LogP contribution in [0.5, 0.6) is 5.75 Å². The Hall–Kier alpha value is -2.25. The van der Waals surface area contributed by atoms with Gasteiger partial charge in [-0.15, -0.1) is 0 Å². The van der Waals surface area contributed by atoms with E-state index < -0.39 is 0 Å². The van der Waals surface area contributed by atoms with Gasteiger partial charge in [0.25, 0.3) is 0 Å². The Labute approximate surface area is 153 Å². The van der Waals surface area contributed by atoms with E-state index in [0.29, 0.717) is 11.2 Å². The average molecular weight is 403 g/mol. The molecule has 0 saturated heterocycles. The molecule has 0 spiro atoms. The van der Waals surface area contributed by atoms with Crippen LogP contribution in [0, 0.1) is 4.77 Å². The van der Waals surface area contributed by atoms with Crippen LogP contribution in [0.25, 0.3) is 0 Å². The fourth-order valence-electron chi connectivity index (χ4n) is 2.18. The fourth-order valence-corrected chi connectivity index (χ4v) is 2.77. The van der Waals surface area contributed by atoms with Crippen molar-refractivity contribution in [3.8, 4) is 5.75 Å². The van der Waals surface area contributed by atoms with Crippen LogP contribution in [-0.4, -0.2) is 28.2 Å². The molecule has 5 nitrogen and oxygen atoms in total. The maximum Gasteiger partial charge on any atom is 0.216 e. The number of nitrogens with one attached hydrogen (secondary N) is 1. The molecular weight excluding hydrogens is 388 g/mol. The Bertz CT molecular complexity index is 915. The van der Waals surface area contributed by atoms with Crippen LogP contribution >= 0.6 is 28.1 Å². The maximum atomic E-state index is 5.28. The largest absolute Gasteiger partial charge is 0.497 e. The first-order valence-corrected chi connectivity index (χ1v) is 8.45. The van der Waals surface area contributed by atoms with Crippen molar-refractivity contribution in [3.05, 3.63) is 74.7 Å². The zero-order valence-electron chi connectivity index (χ0n) is 12.9. The first-order chi connectivity index (χ1) is 11.7. The monoisotopic (exact) mass is 402 g/mol. The standard InChI is InChI=1S/C17H15BrN4OS/c1-23-14-8-6-12(7-9-14)10-16-20-21-17(24)22(16)19-11-13-4-2-3-5-15(13)18/h2-9,11H,10H2,1H3,(H,21,24)/b19-11-. The molecule has 7 heteroatoms. The van der Waals surface area contributed by atoms with Crippen LogP contribution in [0.3, 0.4) is 0 Å². The summed E-state index contributed by atoms with van der Waals surface area (Å²) in [4.78, 5) is 0. The summed E-state index contributed by atoms with van der Waals surface area (Å²) in [6.07, 6.45) is 2.37. The van der Waals surface area contributed by atoms with Crippen molar-refractivity contribution < 1.29 is 4.74 Å². The van der Waals surface area contributed by atoms with Gasteiger partial charge in [-0.05, 0) is 36.0 Å². The maximum absolute atomic E-state index is 5.28. The summed E-state index contributed by atoms with van der Waals surface area (Å²) in [6.45, 7) is 0. The number of benzene rings is 2. The van der Waals surface area contributed by atoms with Gasteiger partial charge in [-0.2, -0.15) is 14.9 Å². The molecule has 24 heavy (non-hydrogen) atoms. The molecule has 0 aliphatic rings. The van der Waals surface area contributed by atoms with Crippen molar-refractivity contribution in [2.45, 2.75) is 6.42 Å². The molecule has 2 aromatic carbocycles. The van der Waals surface area contributed by atoms with E-state index in [1.165, 1.54) is 0 Å². The van der Waals surface area contributed by atoms with Crippen molar-refractivity contribution in [2.24, 2.45) is 5.10 Å². The van der Waals surface area contributed by atoms with E-state index in [1.54, 1.807) is 18.0 Å². The van der Waals surface area contributed by atoms with Crippen molar-refractivity contribution in [1.29, 1.82) is 0 Å². The molecule has 1 aromatic heterocycles. The van der Waals surface area contributed by atoms with E-state index >= 15 is 0 Å². The second-order valence-corrected chi connectivity index (χ2v) is 6.29. The SMILES string of the molecule is COc1ccc(Cc2n[nH]c(=S)n2/N=C\c2ccccc2Br)cc1. The van der Waals surface area contributed by atoms with Crippen LogP contribution in [0.1, 0.15) is 17.0 Å². The minimum absolute atomic E-state index is 0.460. The fraction of sp³-hybridized carbons (Fsp3) is 0.118. The van der Waals surface area contributed by atoms with E-state index in [9.17, 15) is 0 Å². The second-order valence-electron chi connectivity index (χ2n) is 5.05. The quantitative estimate of drug-likeness (QED) is 0.514. The van der Waals surface area contributed by atoms with Gasteiger partial charge in [0.2, 0.25) is 4.77 Å². The molecule has 0 saturated carbocycles. The molecule has 0 aliphatic heterocycles. The van der Waals surface area contributed by atoms with Gasteiger partial charge < -0.3 is 4.74 Å². The second kappa shape index (κ2) is 7.55. The highest BCUT2D eigenvalue weighted by Gasteiger charge is 2.07. The number of H-pyrrole nitrogens is 1. The van der Waals surface area contributed by atoms with Gasteiger partial charge in [0.1, 0.15) is 5.75 Å². The van der Waals surface area contributed by atoms with E-state index in [1.807, 2.05) is 48.5 Å². The molecule has 0 bridgehead atoms. The third kappa shape index (κ3) is 3.80. The van der Waals surface area contributed by atoms with Crippen molar-refractivity contribution in [1.82, 2.24) is 14.9 Å². The zero-order valence-corrected chi connectivity index (χ0v) is 15.3. The summed E-state index contributed by atoms with van der Waals surface area (Å²) in [6, 6.07) is 15.7. The lowest BCUT2D eigenvalue weighted by molar-refractivity contribution is 0.414. The summed E-state index contributed by atoms with van der Waals surface area (Å²) in [5.74, 6) is 1.57. The Kier molecular flexibility index (Phi) is 5.22. The lowest BCUT2D eigenvalue weighted by Crippen LogP contribution is -2.00. The zero-order chi connectivity index (χ0) is 16.9. The number of ether oxygens (including phenoxy) is 1. The number of halogens is 1. The molecule has 0 unspecified atom stereocenters. The van der Waals surface area contributed by atoms with E-state index in [2.05, 4.69) is 31.2 Å². The summed E-state index contributed by atoms with van der Waals surface area (Å²) in [5.41, 5.74) is 2.07. The van der Waals surface area contributed by atoms with Gasteiger partial charge in [0.15, 0.2) is 5.82 Å². The number of aromatic nitrogens is 3. The summed E-state index contributed by atoms with van der Waals surface area (Å²) < 4.78 is 8.24. The normalized spacial score (nSPS) is 11.1. The lowest BCUT2D eigenvalue weighted by Gasteiger charge is -2.03. The van der Waals surface area contributed by atoms with Gasteiger partial charge in [-0.25, -0.2) is 0 Å². The molecule has 122 valence electrons. The van der Waals surface area contributed by atoms with Gasteiger partial charge in [-0.3, -0.25) is 5.10 Å². The molecular formula is C17H15BrN4OS. The Morgan fingerprint density at radius 1 is 1.25 bits per heavy atom. The third-order valence-corrected chi connectivity index (χ3v) is 4.44. The number of methoxy groups -OCH3 is 1. The summed E-state index contributed by atoms with van der Waals surface area (Å²) >= 11 is 8.78. The van der Waals surface area contributed by atoms with Crippen LogP contribution in [0.2, 0.25) is 0 Å².